The largest absolute Gasteiger partial charge is 0.352 e. The van der Waals surface area contributed by atoms with Crippen LogP contribution in [0.1, 0.15) is 37.0 Å². The quantitative estimate of drug-likeness (QED) is 0.155. The molecule has 0 spiro atoms. The summed E-state index contributed by atoms with van der Waals surface area (Å²) in [6.07, 6.45) is 0.885. The van der Waals surface area contributed by atoms with Gasteiger partial charge in [0.25, 0.3) is 10.0 Å². The Bertz CT molecular complexity index is 1750. The smallest absolute Gasteiger partial charge is 0.264 e. The van der Waals surface area contributed by atoms with Gasteiger partial charge in [0.15, 0.2) is 0 Å². The van der Waals surface area contributed by atoms with E-state index >= 15 is 0 Å². The number of hydrogen-bond acceptors (Lipinski definition) is 4. The van der Waals surface area contributed by atoms with Crippen molar-refractivity contribution in [2.24, 2.45) is 0 Å². The maximum absolute atomic E-state index is 14.6. The van der Waals surface area contributed by atoms with Crippen molar-refractivity contribution < 1.29 is 18.0 Å². The van der Waals surface area contributed by atoms with Crippen molar-refractivity contribution in [3.05, 3.63) is 129 Å². The Morgan fingerprint density at radius 2 is 1.46 bits per heavy atom. The predicted molar refractivity (Wildman–Crippen MR) is 186 cm³/mol. The van der Waals surface area contributed by atoms with Gasteiger partial charge in [-0.3, -0.25) is 13.9 Å². The molecular formula is C35H36Cl3N3O4S. The molecule has 4 aromatic carbocycles. The average molecular weight is 701 g/mol. The summed E-state index contributed by atoms with van der Waals surface area (Å²) in [5.74, 6) is -0.962. The zero-order chi connectivity index (χ0) is 33.4. The minimum Gasteiger partial charge on any atom is -0.352 e. The summed E-state index contributed by atoms with van der Waals surface area (Å²) in [6, 6.07) is 25.9. The van der Waals surface area contributed by atoms with Crippen LogP contribution in [-0.4, -0.2) is 43.8 Å². The number of amides is 2. The number of sulfonamides is 1. The van der Waals surface area contributed by atoms with Crippen LogP contribution in [0, 0.1) is 6.92 Å². The first-order chi connectivity index (χ1) is 21.9. The van der Waals surface area contributed by atoms with E-state index in [0.717, 1.165) is 15.4 Å². The highest BCUT2D eigenvalue weighted by Crippen LogP contribution is 2.33. The monoisotopic (exact) mass is 699 g/mol. The minimum absolute atomic E-state index is 0.0170. The average Bonchev–Trinajstić information content (AvgIpc) is 3.04. The van der Waals surface area contributed by atoms with Crippen LogP contribution in [0.5, 0.6) is 0 Å². The number of carbonyl (C=O) groups is 2. The van der Waals surface area contributed by atoms with E-state index in [-0.39, 0.29) is 45.5 Å². The van der Waals surface area contributed by atoms with Crippen LogP contribution in [0.3, 0.4) is 0 Å². The third-order valence-electron chi connectivity index (χ3n) is 7.60. The first-order valence-electron chi connectivity index (χ1n) is 14.8. The number of rotatable bonds is 13. The number of hydrogen-bond donors (Lipinski definition) is 1. The second kappa shape index (κ2) is 15.8. The Hall–Kier alpha value is -3.56. The number of nitrogens with zero attached hydrogens (tertiary/aromatic N) is 2. The fourth-order valence-corrected chi connectivity index (χ4v) is 6.80. The molecule has 242 valence electrons. The second-order valence-corrected chi connectivity index (χ2v) is 14.2. The van der Waals surface area contributed by atoms with Crippen LogP contribution < -0.4 is 9.62 Å². The van der Waals surface area contributed by atoms with Crippen LogP contribution in [0.4, 0.5) is 5.69 Å². The Kier molecular flexibility index (Phi) is 12.1. The molecule has 11 heteroatoms. The molecule has 7 nitrogen and oxygen atoms in total. The molecule has 0 fully saturated rings. The van der Waals surface area contributed by atoms with E-state index in [9.17, 15) is 18.0 Å². The molecule has 4 aromatic rings. The van der Waals surface area contributed by atoms with E-state index in [0.29, 0.717) is 17.0 Å². The third-order valence-corrected chi connectivity index (χ3v) is 10.2. The molecule has 2 amide bonds. The normalized spacial score (nSPS) is 12.7. The van der Waals surface area contributed by atoms with Crippen LogP contribution in [-0.2, 0) is 32.6 Å². The molecule has 4 rings (SSSR count). The zero-order valence-corrected chi connectivity index (χ0v) is 28.9. The van der Waals surface area contributed by atoms with Crippen molar-refractivity contribution in [2.75, 3.05) is 10.8 Å². The molecule has 0 aliphatic carbocycles. The molecular weight excluding hydrogens is 665 g/mol. The zero-order valence-electron chi connectivity index (χ0n) is 25.8. The van der Waals surface area contributed by atoms with E-state index in [1.165, 1.54) is 35.2 Å². The number of carbonyl (C=O) groups excluding carboxylic acids is 2. The van der Waals surface area contributed by atoms with Gasteiger partial charge >= 0.3 is 0 Å². The van der Waals surface area contributed by atoms with Crippen molar-refractivity contribution in [3.63, 3.8) is 0 Å². The van der Waals surface area contributed by atoms with Crippen molar-refractivity contribution in [3.8, 4) is 0 Å². The lowest BCUT2D eigenvalue weighted by Gasteiger charge is -2.34. The summed E-state index contributed by atoms with van der Waals surface area (Å²) in [5, 5.41) is 3.87. The van der Waals surface area contributed by atoms with Gasteiger partial charge in [-0.15, -0.1) is 0 Å². The van der Waals surface area contributed by atoms with Gasteiger partial charge in [0.05, 0.1) is 15.6 Å². The highest BCUT2D eigenvalue weighted by Gasteiger charge is 2.35. The fourth-order valence-electron chi connectivity index (χ4n) is 4.81. The molecule has 0 saturated carbocycles. The summed E-state index contributed by atoms with van der Waals surface area (Å²) in [5.41, 5.74) is 2.45. The Morgan fingerprint density at radius 3 is 2.09 bits per heavy atom. The SMILES string of the molecule is CC[C@@H](C)NC(=O)[C@H](Cc1ccccc1)N(Cc1ccc(Cl)cc1)C(=O)CN(c1cc(Cl)ccc1Cl)S(=O)(=O)c1ccc(C)cc1. The number of nitrogens with one attached hydrogen (secondary N) is 1. The van der Waals surface area contributed by atoms with Gasteiger partial charge in [-0.25, -0.2) is 8.42 Å². The highest BCUT2D eigenvalue weighted by atomic mass is 35.5. The summed E-state index contributed by atoms with van der Waals surface area (Å²) < 4.78 is 29.4. The standard InChI is InChI=1S/C35H36Cl3N3O4S/c1-4-25(3)39-35(43)33(20-26-8-6-5-7-9-26)40(22-27-12-14-28(36)15-13-27)34(42)23-41(32-21-29(37)16-19-31(32)38)46(44,45)30-17-10-24(2)11-18-30/h5-19,21,25,33H,4,20,22-23H2,1-3H3,(H,39,43)/t25-,33+/m1/s1. The maximum Gasteiger partial charge on any atom is 0.264 e. The van der Waals surface area contributed by atoms with E-state index < -0.39 is 28.5 Å². The topological polar surface area (TPSA) is 86.8 Å². The van der Waals surface area contributed by atoms with Crippen LogP contribution >= 0.6 is 34.8 Å². The predicted octanol–water partition coefficient (Wildman–Crippen LogP) is 7.71. The first-order valence-corrected chi connectivity index (χ1v) is 17.4. The lowest BCUT2D eigenvalue weighted by atomic mass is 10.0. The number of anilines is 1. The van der Waals surface area contributed by atoms with Gasteiger partial charge in [-0.2, -0.15) is 0 Å². The first kappa shape index (κ1) is 35.3. The Labute approximate surface area is 286 Å². The van der Waals surface area contributed by atoms with Crippen molar-refractivity contribution in [2.45, 2.75) is 57.1 Å². The van der Waals surface area contributed by atoms with E-state index in [2.05, 4.69) is 5.32 Å². The van der Waals surface area contributed by atoms with E-state index in [1.54, 1.807) is 36.4 Å². The van der Waals surface area contributed by atoms with E-state index in [4.69, 9.17) is 34.8 Å². The van der Waals surface area contributed by atoms with Gasteiger partial charge in [0.2, 0.25) is 11.8 Å². The van der Waals surface area contributed by atoms with Gasteiger partial charge < -0.3 is 10.2 Å². The molecule has 0 radical (unpaired) electrons. The molecule has 0 aliphatic rings. The molecule has 0 aliphatic heterocycles. The maximum atomic E-state index is 14.6. The van der Waals surface area contributed by atoms with E-state index in [1.807, 2.05) is 51.1 Å². The third kappa shape index (κ3) is 9.04. The van der Waals surface area contributed by atoms with Crippen LogP contribution in [0.25, 0.3) is 0 Å². The summed E-state index contributed by atoms with van der Waals surface area (Å²) in [4.78, 5) is 29.9. The molecule has 0 heterocycles. The highest BCUT2D eigenvalue weighted by molar-refractivity contribution is 7.92. The number of benzene rings is 4. The van der Waals surface area contributed by atoms with Gasteiger partial charge in [-0.1, -0.05) is 102 Å². The minimum atomic E-state index is -4.32. The molecule has 1 N–H and O–H groups in total. The summed E-state index contributed by atoms with van der Waals surface area (Å²) in [7, 11) is -4.32. The molecule has 0 aromatic heterocycles. The van der Waals surface area contributed by atoms with Gasteiger partial charge in [0.1, 0.15) is 12.6 Å². The van der Waals surface area contributed by atoms with Crippen molar-refractivity contribution in [1.82, 2.24) is 10.2 Å². The molecule has 46 heavy (non-hydrogen) atoms. The number of halogens is 3. The summed E-state index contributed by atoms with van der Waals surface area (Å²) in [6.45, 7) is 5.06. The fraction of sp³-hybridized carbons (Fsp3) is 0.257. The van der Waals surface area contributed by atoms with Crippen LogP contribution in [0.2, 0.25) is 15.1 Å². The second-order valence-electron chi connectivity index (χ2n) is 11.1. The lowest BCUT2D eigenvalue weighted by molar-refractivity contribution is -0.140. The Balaban J connectivity index is 1.83. The lowest BCUT2D eigenvalue weighted by Crippen LogP contribution is -2.54. The Morgan fingerprint density at radius 1 is 0.826 bits per heavy atom. The molecule has 0 unspecified atom stereocenters. The van der Waals surface area contributed by atoms with Gasteiger partial charge in [0, 0.05) is 29.1 Å². The van der Waals surface area contributed by atoms with Gasteiger partial charge in [-0.05, 0) is 73.9 Å². The summed E-state index contributed by atoms with van der Waals surface area (Å²) >= 11 is 19.0. The molecule has 0 saturated heterocycles. The van der Waals surface area contributed by atoms with Crippen molar-refractivity contribution in [1.29, 1.82) is 0 Å². The molecule has 0 bridgehead atoms. The molecule has 2 atom stereocenters. The van der Waals surface area contributed by atoms with Crippen molar-refractivity contribution >= 4 is 62.3 Å². The number of aryl methyl sites for hydroxylation is 1. The van der Waals surface area contributed by atoms with Crippen LogP contribution in [0.15, 0.2) is 102 Å².